The predicted octanol–water partition coefficient (Wildman–Crippen LogP) is 2.37. The summed E-state index contributed by atoms with van der Waals surface area (Å²) in [4.78, 5) is 14.7. The Morgan fingerprint density at radius 1 is 1.53 bits per heavy atom. The van der Waals surface area contributed by atoms with Crippen LogP contribution < -0.4 is 5.32 Å². The van der Waals surface area contributed by atoms with Crippen molar-refractivity contribution >= 4 is 5.91 Å². The van der Waals surface area contributed by atoms with E-state index in [1.54, 1.807) is 0 Å². The molecule has 0 spiro atoms. The lowest BCUT2D eigenvalue weighted by Crippen LogP contribution is -2.44. The number of carbonyl (C=O) groups excluding carboxylic acids is 1. The zero-order chi connectivity index (χ0) is 12.8. The lowest BCUT2D eigenvalue weighted by atomic mass is 9.99. The number of nitrogens with one attached hydrogen (secondary N) is 1. The minimum atomic E-state index is -0.331. The van der Waals surface area contributed by atoms with Gasteiger partial charge in [-0.05, 0) is 38.0 Å². The third-order valence-corrected chi connectivity index (χ3v) is 4.35. The van der Waals surface area contributed by atoms with Gasteiger partial charge in [0, 0.05) is 6.04 Å². The van der Waals surface area contributed by atoms with Crippen molar-refractivity contribution in [3.05, 3.63) is 0 Å². The van der Waals surface area contributed by atoms with Gasteiger partial charge >= 0.3 is 0 Å². The summed E-state index contributed by atoms with van der Waals surface area (Å²) in [5.74, 6) is 1.63. The highest BCUT2D eigenvalue weighted by Gasteiger charge is 2.53. The molecule has 0 aromatic rings. The molecule has 4 unspecified atom stereocenters. The Hall–Kier alpha value is -0.570. The normalized spacial score (nSPS) is 41.4. The van der Waals surface area contributed by atoms with Crippen molar-refractivity contribution < 1.29 is 4.79 Å². The number of nitrogens with zero attached hydrogens (tertiary/aromatic N) is 1. The van der Waals surface area contributed by atoms with E-state index in [2.05, 4.69) is 44.8 Å². The van der Waals surface area contributed by atoms with Crippen LogP contribution in [0.15, 0.2) is 0 Å². The molecule has 0 aromatic heterocycles. The highest BCUT2D eigenvalue weighted by molar-refractivity contribution is 5.89. The summed E-state index contributed by atoms with van der Waals surface area (Å²) in [5, 5.41) is 3.57. The summed E-state index contributed by atoms with van der Waals surface area (Å²) in [5.41, 5.74) is -0.331. The van der Waals surface area contributed by atoms with Gasteiger partial charge in [-0.15, -0.1) is 0 Å². The first-order valence-corrected chi connectivity index (χ1v) is 6.99. The lowest BCUT2D eigenvalue weighted by Gasteiger charge is -2.25. The molecule has 1 heterocycles. The number of amides is 1. The van der Waals surface area contributed by atoms with Crippen LogP contribution in [-0.2, 0) is 4.79 Å². The van der Waals surface area contributed by atoms with Gasteiger partial charge in [-0.2, -0.15) is 0 Å². The minimum absolute atomic E-state index is 0.252. The molecule has 0 bridgehead atoms. The molecular formula is C14H26N2O. The SMILES string of the molecule is CCC1(C)NC(CC(C)C)N(C2CC2C)C1=O. The first kappa shape index (κ1) is 12.9. The fourth-order valence-electron chi connectivity index (χ4n) is 2.87. The number of rotatable bonds is 4. The average molecular weight is 238 g/mol. The highest BCUT2D eigenvalue weighted by Crippen LogP contribution is 2.41. The van der Waals surface area contributed by atoms with E-state index in [4.69, 9.17) is 0 Å². The second kappa shape index (κ2) is 4.27. The first-order valence-electron chi connectivity index (χ1n) is 6.99. The molecule has 3 heteroatoms. The van der Waals surface area contributed by atoms with Crippen LogP contribution in [0.1, 0.15) is 53.9 Å². The molecule has 4 atom stereocenters. The molecule has 1 aliphatic carbocycles. The van der Waals surface area contributed by atoms with Crippen LogP contribution in [-0.4, -0.2) is 28.6 Å². The van der Waals surface area contributed by atoms with Gasteiger partial charge in [0.25, 0.3) is 0 Å². The largest absolute Gasteiger partial charge is 0.322 e. The fraction of sp³-hybridized carbons (Fsp3) is 0.929. The van der Waals surface area contributed by atoms with Gasteiger partial charge in [0.2, 0.25) is 5.91 Å². The van der Waals surface area contributed by atoms with Crippen molar-refractivity contribution in [1.82, 2.24) is 10.2 Å². The molecule has 1 aliphatic heterocycles. The van der Waals surface area contributed by atoms with E-state index < -0.39 is 0 Å². The van der Waals surface area contributed by atoms with E-state index in [1.807, 2.05) is 0 Å². The van der Waals surface area contributed by atoms with E-state index in [9.17, 15) is 4.79 Å². The Kier molecular flexibility index (Phi) is 3.23. The van der Waals surface area contributed by atoms with Gasteiger partial charge in [-0.1, -0.05) is 27.7 Å². The second-order valence-corrected chi connectivity index (χ2v) is 6.47. The van der Waals surface area contributed by atoms with Gasteiger partial charge < -0.3 is 4.90 Å². The topological polar surface area (TPSA) is 32.3 Å². The van der Waals surface area contributed by atoms with E-state index in [1.165, 1.54) is 6.42 Å². The number of hydrogen-bond donors (Lipinski definition) is 1. The molecule has 0 aromatic carbocycles. The van der Waals surface area contributed by atoms with Crippen molar-refractivity contribution in [2.45, 2.75) is 71.6 Å². The smallest absolute Gasteiger partial charge is 0.244 e. The van der Waals surface area contributed by atoms with Crippen molar-refractivity contribution in [3.63, 3.8) is 0 Å². The Bertz CT molecular complexity index is 315. The van der Waals surface area contributed by atoms with Gasteiger partial charge in [-0.25, -0.2) is 0 Å². The molecule has 1 saturated heterocycles. The third kappa shape index (κ3) is 2.22. The Morgan fingerprint density at radius 2 is 2.12 bits per heavy atom. The zero-order valence-electron chi connectivity index (χ0n) is 11.8. The van der Waals surface area contributed by atoms with E-state index in [-0.39, 0.29) is 11.7 Å². The van der Waals surface area contributed by atoms with Crippen molar-refractivity contribution in [2.75, 3.05) is 0 Å². The standard InChI is InChI=1S/C14H26N2O/c1-6-14(5)13(17)16(11-8-10(11)4)12(15-14)7-9(2)3/h9-12,15H,6-8H2,1-5H3. The zero-order valence-corrected chi connectivity index (χ0v) is 11.8. The molecule has 98 valence electrons. The van der Waals surface area contributed by atoms with Crippen LogP contribution >= 0.6 is 0 Å². The van der Waals surface area contributed by atoms with Crippen molar-refractivity contribution in [2.24, 2.45) is 11.8 Å². The van der Waals surface area contributed by atoms with Gasteiger partial charge in [0.1, 0.15) is 0 Å². The summed E-state index contributed by atoms with van der Waals surface area (Å²) >= 11 is 0. The summed E-state index contributed by atoms with van der Waals surface area (Å²) < 4.78 is 0. The molecule has 1 saturated carbocycles. The quantitative estimate of drug-likeness (QED) is 0.815. The van der Waals surface area contributed by atoms with Crippen molar-refractivity contribution in [3.8, 4) is 0 Å². The minimum Gasteiger partial charge on any atom is -0.322 e. The fourth-order valence-corrected chi connectivity index (χ4v) is 2.87. The molecule has 1 N–H and O–H groups in total. The monoisotopic (exact) mass is 238 g/mol. The maximum atomic E-state index is 12.5. The van der Waals surface area contributed by atoms with Crippen LogP contribution in [0.25, 0.3) is 0 Å². The summed E-state index contributed by atoms with van der Waals surface area (Å²) in [7, 11) is 0. The molecule has 3 nitrogen and oxygen atoms in total. The predicted molar refractivity (Wildman–Crippen MR) is 69.5 cm³/mol. The van der Waals surface area contributed by atoms with E-state index >= 15 is 0 Å². The Morgan fingerprint density at radius 3 is 2.53 bits per heavy atom. The average Bonchev–Trinajstić information content (AvgIpc) is 2.88. The van der Waals surface area contributed by atoms with Crippen LogP contribution in [0.4, 0.5) is 0 Å². The van der Waals surface area contributed by atoms with E-state index in [0.29, 0.717) is 23.8 Å². The van der Waals surface area contributed by atoms with Crippen LogP contribution in [0.2, 0.25) is 0 Å². The van der Waals surface area contributed by atoms with Crippen LogP contribution in [0.3, 0.4) is 0 Å². The second-order valence-electron chi connectivity index (χ2n) is 6.47. The molecule has 17 heavy (non-hydrogen) atoms. The summed E-state index contributed by atoms with van der Waals surface area (Å²) in [6, 6.07) is 0.493. The molecule has 2 fully saturated rings. The molecule has 2 rings (SSSR count). The lowest BCUT2D eigenvalue weighted by molar-refractivity contribution is -0.133. The summed E-state index contributed by atoms with van der Waals surface area (Å²) in [6.45, 7) is 10.8. The van der Waals surface area contributed by atoms with Crippen molar-refractivity contribution in [1.29, 1.82) is 0 Å². The summed E-state index contributed by atoms with van der Waals surface area (Å²) in [6.07, 6.45) is 3.37. The highest BCUT2D eigenvalue weighted by atomic mass is 16.2. The molecule has 2 aliphatic rings. The Balaban J connectivity index is 2.16. The Labute approximate surface area is 105 Å². The van der Waals surface area contributed by atoms with Gasteiger partial charge in [0.15, 0.2) is 0 Å². The molecule has 0 radical (unpaired) electrons. The van der Waals surface area contributed by atoms with Crippen LogP contribution in [0.5, 0.6) is 0 Å². The van der Waals surface area contributed by atoms with E-state index in [0.717, 1.165) is 12.8 Å². The molecule has 1 amide bonds. The molecular weight excluding hydrogens is 212 g/mol. The van der Waals surface area contributed by atoms with Crippen LogP contribution in [0, 0.1) is 11.8 Å². The first-order chi connectivity index (χ1) is 7.89. The maximum absolute atomic E-state index is 12.5. The third-order valence-electron chi connectivity index (χ3n) is 4.35. The van der Waals surface area contributed by atoms with Gasteiger partial charge in [-0.3, -0.25) is 10.1 Å². The maximum Gasteiger partial charge on any atom is 0.244 e. The van der Waals surface area contributed by atoms with Gasteiger partial charge in [0.05, 0.1) is 11.7 Å². The number of carbonyl (C=O) groups is 1. The number of hydrogen-bond acceptors (Lipinski definition) is 2.